The zero-order valence-corrected chi connectivity index (χ0v) is 12.6. The maximum atomic E-state index is 6.28. The van der Waals surface area contributed by atoms with Crippen LogP contribution in [0.4, 0.5) is 0 Å². The summed E-state index contributed by atoms with van der Waals surface area (Å²) in [4.78, 5) is 2.83. The molecule has 0 aromatic rings. The summed E-state index contributed by atoms with van der Waals surface area (Å²) in [6.45, 7) is 9.35. The van der Waals surface area contributed by atoms with Crippen LogP contribution in [0.1, 0.15) is 65.7 Å². The van der Waals surface area contributed by atoms with Crippen LogP contribution in [0.3, 0.4) is 0 Å². The van der Waals surface area contributed by atoms with E-state index in [9.17, 15) is 0 Å². The SMILES string of the molecule is CCC1CCCCN1C1(CN)CCC(C)CC1C. The van der Waals surface area contributed by atoms with Gasteiger partial charge in [-0.25, -0.2) is 0 Å². The van der Waals surface area contributed by atoms with Crippen LogP contribution in [0.15, 0.2) is 0 Å². The number of hydrogen-bond acceptors (Lipinski definition) is 2. The molecule has 0 aromatic heterocycles. The third kappa shape index (κ3) is 2.46. The topological polar surface area (TPSA) is 29.3 Å². The molecule has 1 aliphatic carbocycles. The smallest absolute Gasteiger partial charge is 0.0360 e. The Bertz CT molecular complexity index is 266. The van der Waals surface area contributed by atoms with E-state index in [0.29, 0.717) is 5.54 Å². The fourth-order valence-corrected chi connectivity index (χ4v) is 4.54. The predicted molar refractivity (Wildman–Crippen MR) is 78.6 cm³/mol. The van der Waals surface area contributed by atoms with Crippen LogP contribution in [0.2, 0.25) is 0 Å². The summed E-state index contributed by atoms with van der Waals surface area (Å²) in [6.07, 6.45) is 9.53. The van der Waals surface area contributed by atoms with Gasteiger partial charge in [-0.1, -0.05) is 27.2 Å². The molecule has 1 aliphatic heterocycles. The first kappa shape index (κ1) is 14.3. The van der Waals surface area contributed by atoms with Gasteiger partial charge in [-0.05, 0) is 56.9 Å². The second-order valence-electron chi connectivity index (χ2n) is 6.84. The van der Waals surface area contributed by atoms with E-state index in [0.717, 1.165) is 24.4 Å². The van der Waals surface area contributed by atoms with E-state index in [4.69, 9.17) is 5.73 Å². The van der Waals surface area contributed by atoms with Gasteiger partial charge < -0.3 is 5.73 Å². The first-order valence-electron chi connectivity index (χ1n) is 8.11. The fraction of sp³-hybridized carbons (Fsp3) is 1.00. The monoisotopic (exact) mass is 252 g/mol. The highest BCUT2D eigenvalue weighted by molar-refractivity contribution is 5.02. The fourth-order valence-electron chi connectivity index (χ4n) is 4.54. The third-order valence-corrected chi connectivity index (χ3v) is 5.77. The number of hydrogen-bond donors (Lipinski definition) is 1. The van der Waals surface area contributed by atoms with E-state index >= 15 is 0 Å². The van der Waals surface area contributed by atoms with Crippen molar-refractivity contribution in [1.29, 1.82) is 0 Å². The van der Waals surface area contributed by atoms with E-state index in [1.54, 1.807) is 0 Å². The van der Waals surface area contributed by atoms with Crippen molar-refractivity contribution < 1.29 is 0 Å². The lowest BCUT2D eigenvalue weighted by molar-refractivity contribution is -0.0455. The molecule has 2 rings (SSSR count). The lowest BCUT2D eigenvalue weighted by Gasteiger charge is -2.55. The van der Waals surface area contributed by atoms with Crippen molar-refractivity contribution in [2.45, 2.75) is 77.3 Å². The van der Waals surface area contributed by atoms with Crippen molar-refractivity contribution in [2.24, 2.45) is 17.6 Å². The minimum absolute atomic E-state index is 0.313. The molecule has 0 bridgehead atoms. The van der Waals surface area contributed by atoms with Crippen molar-refractivity contribution in [1.82, 2.24) is 4.90 Å². The lowest BCUT2D eigenvalue weighted by Crippen LogP contribution is -2.64. The van der Waals surface area contributed by atoms with Crippen molar-refractivity contribution >= 4 is 0 Å². The summed E-state index contributed by atoms with van der Waals surface area (Å²) >= 11 is 0. The Labute approximate surface area is 113 Å². The van der Waals surface area contributed by atoms with Gasteiger partial charge >= 0.3 is 0 Å². The molecule has 0 amide bonds. The number of likely N-dealkylation sites (tertiary alicyclic amines) is 1. The van der Waals surface area contributed by atoms with E-state index in [-0.39, 0.29) is 0 Å². The van der Waals surface area contributed by atoms with E-state index in [2.05, 4.69) is 25.7 Å². The first-order valence-corrected chi connectivity index (χ1v) is 8.11. The maximum Gasteiger partial charge on any atom is 0.0360 e. The third-order valence-electron chi connectivity index (χ3n) is 5.77. The largest absolute Gasteiger partial charge is 0.329 e. The Morgan fingerprint density at radius 3 is 2.61 bits per heavy atom. The molecule has 2 nitrogen and oxygen atoms in total. The predicted octanol–water partition coefficient (Wildman–Crippen LogP) is 3.40. The van der Waals surface area contributed by atoms with Crippen molar-refractivity contribution in [2.75, 3.05) is 13.1 Å². The van der Waals surface area contributed by atoms with E-state index < -0.39 is 0 Å². The number of nitrogens with two attached hydrogens (primary N) is 1. The number of piperidine rings is 1. The minimum Gasteiger partial charge on any atom is -0.329 e. The van der Waals surface area contributed by atoms with Crippen molar-refractivity contribution in [3.63, 3.8) is 0 Å². The summed E-state index contributed by atoms with van der Waals surface area (Å²) in [5, 5.41) is 0. The normalized spacial score (nSPS) is 43.0. The molecular weight excluding hydrogens is 220 g/mol. The zero-order chi connectivity index (χ0) is 13.2. The molecule has 2 heteroatoms. The molecule has 1 saturated heterocycles. The summed E-state index contributed by atoms with van der Waals surface area (Å²) in [5.74, 6) is 1.66. The highest BCUT2D eigenvalue weighted by atomic mass is 15.2. The summed E-state index contributed by atoms with van der Waals surface area (Å²) < 4.78 is 0. The van der Waals surface area contributed by atoms with Crippen molar-refractivity contribution in [3.8, 4) is 0 Å². The standard InChI is InChI=1S/C16H32N2/c1-4-15-7-5-6-10-18(15)16(12-17)9-8-13(2)11-14(16)3/h13-15H,4-12,17H2,1-3H3. The van der Waals surface area contributed by atoms with Crippen LogP contribution >= 0.6 is 0 Å². The molecule has 2 N–H and O–H groups in total. The van der Waals surface area contributed by atoms with Gasteiger partial charge in [0.1, 0.15) is 0 Å². The molecule has 0 radical (unpaired) electrons. The van der Waals surface area contributed by atoms with Gasteiger partial charge in [0.05, 0.1) is 0 Å². The number of nitrogens with zero attached hydrogens (tertiary/aromatic N) is 1. The average molecular weight is 252 g/mol. The van der Waals surface area contributed by atoms with Gasteiger partial charge in [0.25, 0.3) is 0 Å². The molecule has 2 aliphatic rings. The van der Waals surface area contributed by atoms with E-state index in [1.807, 2.05) is 0 Å². The molecule has 0 aromatic carbocycles. The zero-order valence-electron chi connectivity index (χ0n) is 12.6. The maximum absolute atomic E-state index is 6.28. The Balaban J connectivity index is 2.19. The van der Waals surface area contributed by atoms with E-state index in [1.165, 1.54) is 51.5 Å². The molecule has 4 unspecified atom stereocenters. The van der Waals surface area contributed by atoms with Crippen LogP contribution in [-0.4, -0.2) is 29.6 Å². The van der Waals surface area contributed by atoms with Gasteiger partial charge in [-0.2, -0.15) is 0 Å². The highest BCUT2D eigenvalue weighted by Crippen LogP contribution is 2.43. The Kier molecular flexibility index (Phi) is 4.71. The molecule has 2 fully saturated rings. The second kappa shape index (κ2) is 5.92. The van der Waals surface area contributed by atoms with Crippen LogP contribution in [0.5, 0.6) is 0 Å². The molecule has 1 saturated carbocycles. The minimum atomic E-state index is 0.313. The van der Waals surface area contributed by atoms with Gasteiger partial charge in [-0.3, -0.25) is 4.90 Å². The summed E-state index contributed by atoms with van der Waals surface area (Å²) in [5.41, 5.74) is 6.59. The summed E-state index contributed by atoms with van der Waals surface area (Å²) in [7, 11) is 0. The van der Waals surface area contributed by atoms with Crippen LogP contribution in [0.25, 0.3) is 0 Å². The number of rotatable bonds is 3. The Morgan fingerprint density at radius 1 is 1.22 bits per heavy atom. The van der Waals surface area contributed by atoms with Crippen LogP contribution in [-0.2, 0) is 0 Å². The van der Waals surface area contributed by atoms with Gasteiger partial charge in [-0.15, -0.1) is 0 Å². The first-order chi connectivity index (χ1) is 8.64. The highest BCUT2D eigenvalue weighted by Gasteiger charge is 2.46. The molecule has 1 heterocycles. The molecule has 106 valence electrons. The molecule has 4 atom stereocenters. The summed E-state index contributed by atoms with van der Waals surface area (Å²) in [6, 6.07) is 0.790. The van der Waals surface area contributed by atoms with Gasteiger partial charge in [0.15, 0.2) is 0 Å². The average Bonchev–Trinajstić information content (AvgIpc) is 2.40. The van der Waals surface area contributed by atoms with Crippen LogP contribution in [0, 0.1) is 11.8 Å². The van der Waals surface area contributed by atoms with Crippen molar-refractivity contribution in [3.05, 3.63) is 0 Å². The van der Waals surface area contributed by atoms with Gasteiger partial charge in [0, 0.05) is 18.1 Å². The molecule has 0 spiro atoms. The molecular formula is C16H32N2. The lowest BCUT2D eigenvalue weighted by atomic mass is 9.67. The second-order valence-corrected chi connectivity index (χ2v) is 6.84. The van der Waals surface area contributed by atoms with Crippen LogP contribution < -0.4 is 5.73 Å². The Hall–Kier alpha value is -0.0800. The molecule has 18 heavy (non-hydrogen) atoms. The Morgan fingerprint density at radius 2 is 2.00 bits per heavy atom. The van der Waals surface area contributed by atoms with Gasteiger partial charge in [0.2, 0.25) is 0 Å². The quantitative estimate of drug-likeness (QED) is 0.834.